The quantitative estimate of drug-likeness (QED) is 0.767. The van der Waals surface area contributed by atoms with E-state index in [2.05, 4.69) is 12.2 Å². The first kappa shape index (κ1) is 15.0. The second kappa shape index (κ2) is 5.49. The molecule has 24 heavy (non-hydrogen) atoms. The summed E-state index contributed by atoms with van der Waals surface area (Å²) >= 11 is 6.08. The van der Waals surface area contributed by atoms with Crippen molar-refractivity contribution >= 4 is 34.1 Å². The first-order valence-corrected chi connectivity index (χ1v) is 8.16. The Morgan fingerprint density at radius 2 is 2.00 bits per heavy atom. The Balaban J connectivity index is 1.84. The van der Waals surface area contributed by atoms with Gasteiger partial charge in [0.25, 0.3) is 5.91 Å². The van der Waals surface area contributed by atoms with E-state index in [1.165, 1.54) is 0 Å². The van der Waals surface area contributed by atoms with Crippen LogP contribution in [0.4, 0.5) is 5.69 Å². The molecule has 5 heteroatoms. The van der Waals surface area contributed by atoms with Crippen molar-refractivity contribution in [3.05, 3.63) is 75.0 Å². The average molecular weight is 339 g/mol. The largest absolute Gasteiger partial charge is 0.343 e. The second-order valence-corrected chi connectivity index (χ2v) is 6.49. The van der Waals surface area contributed by atoms with Gasteiger partial charge in [-0.25, -0.2) is 0 Å². The van der Waals surface area contributed by atoms with E-state index in [0.29, 0.717) is 16.1 Å². The minimum absolute atomic E-state index is 0.133. The summed E-state index contributed by atoms with van der Waals surface area (Å²) in [6.45, 7) is 2.08. The summed E-state index contributed by atoms with van der Waals surface area (Å²) in [6, 6.07) is 12.9. The third kappa shape index (κ3) is 2.22. The summed E-state index contributed by atoms with van der Waals surface area (Å²) in [6.07, 6.45) is 2.53. The summed E-state index contributed by atoms with van der Waals surface area (Å²) in [5, 5.41) is 3.75. The number of nitrogens with zero attached hydrogens (tertiary/aromatic N) is 1. The van der Waals surface area contributed by atoms with E-state index in [-0.39, 0.29) is 17.0 Å². The number of hydrogen-bond acceptors (Lipinski definition) is 2. The molecule has 0 saturated heterocycles. The maximum absolute atomic E-state index is 12.8. The molecule has 0 saturated carbocycles. The maximum Gasteiger partial charge on any atom is 0.261 e. The number of aromatic nitrogens is 1. The zero-order valence-electron chi connectivity index (χ0n) is 13.0. The van der Waals surface area contributed by atoms with Crippen LogP contribution in [0.25, 0.3) is 10.9 Å². The fourth-order valence-electron chi connectivity index (χ4n) is 3.33. The Morgan fingerprint density at radius 1 is 1.21 bits per heavy atom. The van der Waals surface area contributed by atoms with Crippen LogP contribution in [0.15, 0.2) is 53.5 Å². The SMILES string of the molecule is C[C@H]1Cc2cccc3c(=O)c(C(=O)Nc4ccccc4Cl)cn1c23. The molecule has 4 rings (SSSR count). The monoisotopic (exact) mass is 338 g/mol. The summed E-state index contributed by atoms with van der Waals surface area (Å²) in [5.74, 6) is -0.441. The summed E-state index contributed by atoms with van der Waals surface area (Å²) in [5.41, 5.74) is 2.46. The van der Waals surface area contributed by atoms with Crippen molar-refractivity contribution in [3.63, 3.8) is 0 Å². The van der Waals surface area contributed by atoms with E-state index in [9.17, 15) is 9.59 Å². The van der Waals surface area contributed by atoms with Crippen molar-refractivity contribution in [2.75, 3.05) is 5.32 Å². The van der Waals surface area contributed by atoms with Gasteiger partial charge in [-0.05, 0) is 37.1 Å². The van der Waals surface area contributed by atoms with Gasteiger partial charge in [-0.15, -0.1) is 0 Å². The predicted molar refractivity (Wildman–Crippen MR) is 96.0 cm³/mol. The molecule has 1 aliphatic rings. The molecule has 0 aliphatic carbocycles. The Kier molecular flexibility index (Phi) is 3.43. The van der Waals surface area contributed by atoms with E-state index in [1.807, 2.05) is 16.7 Å². The highest BCUT2D eigenvalue weighted by Crippen LogP contribution is 2.31. The van der Waals surface area contributed by atoms with Crippen LogP contribution >= 0.6 is 11.6 Å². The molecule has 4 nitrogen and oxygen atoms in total. The van der Waals surface area contributed by atoms with Crippen LogP contribution in [0.3, 0.4) is 0 Å². The van der Waals surface area contributed by atoms with Crippen molar-refractivity contribution in [2.45, 2.75) is 19.4 Å². The minimum atomic E-state index is -0.441. The predicted octanol–water partition coefficient (Wildman–Crippen LogP) is 4.02. The molecule has 1 atom stereocenters. The highest BCUT2D eigenvalue weighted by Gasteiger charge is 2.24. The van der Waals surface area contributed by atoms with Crippen molar-refractivity contribution in [3.8, 4) is 0 Å². The summed E-state index contributed by atoms with van der Waals surface area (Å²) in [4.78, 5) is 25.4. The van der Waals surface area contributed by atoms with Gasteiger partial charge >= 0.3 is 0 Å². The molecular formula is C19H15ClN2O2. The normalized spacial score (nSPS) is 15.7. The molecule has 0 unspecified atom stereocenters. The number of amides is 1. The topological polar surface area (TPSA) is 51.1 Å². The number of para-hydroxylation sites is 2. The van der Waals surface area contributed by atoms with Gasteiger partial charge in [0.15, 0.2) is 0 Å². The van der Waals surface area contributed by atoms with Crippen molar-refractivity contribution in [1.82, 2.24) is 4.57 Å². The van der Waals surface area contributed by atoms with Gasteiger partial charge < -0.3 is 9.88 Å². The molecule has 0 fully saturated rings. The first-order chi connectivity index (χ1) is 11.6. The molecule has 2 aromatic carbocycles. The molecule has 0 bridgehead atoms. The number of carbonyl (C=O) groups excluding carboxylic acids is 1. The fourth-order valence-corrected chi connectivity index (χ4v) is 3.51. The number of halogens is 1. The maximum atomic E-state index is 12.8. The van der Waals surface area contributed by atoms with Crippen molar-refractivity contribution in [1.29, 1.82) is 0 Å². The number of nitrogens with one attached hydrogen (secondary N) is 1. The Morgan fingerprint density at radius 3 is 2.79 bits per heavy atom. The van der Waals surface area contributed by atoms with E-state index >= 15 is 0 Å². The lowest BCUT2D eigenvalue weighted by molar-refractivity contribution is 0.102. The molecule has 3 aromatic rings. The molecule has 0 spiro atoms. The lowest BCUT2D eigenvalue weighted by Gasteiger charge is -2.13. The highest BCUT2D eigenvalue weighted by molar-refractivity contribution is 6.33. The lowest BCUT2D eigenvalue weighted by atomic mass is 10.1. The number of pyridine rings is 1. The van der Waals surface area contributed by atoms with Crippen molar-refractivity contribution < 1.29 is 4.79 Å². The van der Waals surface area contributed by atoms with Crippen molar-refractivity contribution in [2.24, 2.45) is 0 Å². The van der Waals surface area contributed by atoms with E-state index in [4.69, 9.17) is 11.6 Å². The molecule has 1 amide bonds. The standard InChI is InChI=1S/C19H15ClN2O2/c1-11-9-12-5-4-6-13-17(12)22(11)10-14(18(13)23)19(24)21-16-8-3-2-7-15(16)20/h2-8,10-11H,9H2,1H3,(H,21,24)/t11-/m0/s1. The van der Waals surface area contributed by atoms with Gasteiger partial charge in [0, 0.05) is 17.6 Å². The summed E-state index contributed by atoms with van der Waals surface area (Å²) in [7, 11) is 0. The third-order valence-electron chi connectivity index (χ3n) is 4.49. The number of benzene rings is 2. The van der Waals surface area contributed by atoms with Gasteiger partial charge in [-0.1, -0.05) is 35.9 Å². The molecule has 1 N–H and O–H groups in total. The van der Waals surface area contributed by atoms with Gasteiger partial charge in [0.05, 0.1) is 16.2 Å². The van der Waals surface area contributed by atoms with E-state index in [0.717, 1.165) is 17.5 Å². The first-order valence-electron chi connectivity index (χ1n) is 7.79. The Bertz CT molecular complexity index is 1040. The average Bonchev–Trinajstić information content (AvgIpc) is 2.89. The van der Waals surface area contributed by atoms with Gasteiger partial charge in [0.1, 0.15) is 5.56 Å². The number of rotatable bonds is 2. The second-order valence-electron chi connectivity index (χ2n) is 6.08. The van der Waals surface area contributed by atoms with Crippen LogP contribution in [0.5, 0.6) is 0 Å². The zero-order valence-corrected chi connectivity index (χ0v) is 13.8. The van der Waals surface area contributed by atoms with Crippen LogP contribution in [0.2, 0.25) is 5.02 Å². The molecule has 0 radical (unpaired) electrons. The minimum Gasteiger partial charge on any atom is -0.343 e. The third-order valence-corrected chi connectivity index (χ3v) is 4.82. The number of hydrogen-bond donors (Lipinski definition) is 1. The van der Waals surface area contributed by atoms with Crippen LogP contribution in [-0.4, -0.2) is 10.5 Å². The zero-order chi connectivity index (χ0) is 16.8. The molecule has 1 aliphatic heterocycles. The Hall–Kier alpha value is -2.59. The number of anilines is 1. The fraction of sp³-hybridized carbons (Fsp3) is 0.158. The Labute approximate surface area is 143 Å². The van der Waals surface area contributed by atoms with Crippen LogP contribution < -0.4 is 10.7 Å². The molecule has 1 aromatic heterocycles. The highest BCUT2D eigenvalue weighted by atomic mass is 35.5. The molecule has 120 valence electrons. The van der Waals surface area contributed by atoms with Crippen LogP contribution in [0.1, 0.15) is 28.9 Å². The van der Waals surface area contributed by atoms with Crippen LogP contribution in [0, 0.1) is 0 Å². The number of carbonyl (C=O) groups is 1. The lowest BCUT2D eigenvalue weighted by Crippen LogP contribution is -2.23. The van der Waals surface area contributed by atoms with Gasteiger partial charge in [-0.3, -0.25) is 9.59 Å². The molecule has 2 heterocycles. The smallest absolute Gasteiger partial charge is 0.261 e. The van der Waals surface area contributed by atoms with E-state index < -0.39 is 5.91 Å². The summed E-state index contributed by atoms with van der Waals surface area (Å²) < 4.78 is 2.02. The van der Waals surface area contributed by atoms with E-state index in [1.54, 1.807) is 36.5 Å². The van der Waals surface area contributed by atoms with Gasteiger partial charge in [0.2, 0.25) is 5.43 Å². The van der Waals surface area contributed by atoms with Crippen LogP contribution in [-0.2, 0) is 6.42 Å². The molecular weight excluding hydrogens is 324 g/mol. The van der Waals surface area contributed by atoms with Gasteiger partial charge in [-0.2, -0.15) is 0 Å².